The third-order valence-corrected chi connectivity index (χ3v) is 3.73. The van der Waals surface area contributed by atoms with Crippen LogP contribution >= 0.6 is 18.6 Å². The highest BCUT2D eigenvalue weighted by atomic mass is 35.7. The Balaban J connectivity index is 2.92. The van der Waals surface area contributed by atoms with Gasteiger partial charge in [-0.2, -0.15) is 4.98 Å². The van der Waals surface area contributed by atoms with Crippen molar-refractivity contribution in [1.29, 1.82) is 0 Å². The van der Waals surface area contributed by atoms with E-state index in [2.05, 4.69) is 15.6 Å². The van der Waals surface area contributed by atoms with Crippen LogP contribution in [0.5, 0.6) is 0 Å². The van der Waals surface area contributed by atoms with E-state index in [0.717, 1.165) is 0 Å². The summed E-state index contributed by atoms with van der Waals surface area (Å²) < 4.78 is 22.9. The Labute approximate surface area is 145 Å². The Hall–Kier alpha value is -1.25. The number of anilines is 1. The third kappa shape index (κ3) is 7.11. The first-order valence-electron chi connectivity index (χ1n) is 7.36. The summed E-state index contributed by atoms with van der Waals surface area (Å²) in [5.74, 6) is -0.148. The number of amides is 1. The molecule has 1 aromatic heterocycles. The molecule has 9 nitrogen and oxygen atoms in total. The summed E-state index contributed by atoms with van der Waals surface area (Å²) in [5.41, 5.74) is -0.566. The second kappa shape index (κ2) is 10.6. The summed E-state index contributed by atoms with van der Waals surface area (Å²) in [6.45, 7) is 3.60. The summed E-state index contributed by atoms with van der Waals surface area (Å²) in [6.07, 6.45) is 1.03. The fraction of sp³-hybridized carbons (Fsp3) is 0.615. The molecular formula is C13H22ClN4O5P. The second-order valence-corrected chi connectivity index (χ2v) is 6.60. The molecule has 0 spiro atoms. The highest BCUT2D eigenvalue weighted by molar-refractivity contribution is 7.69. The lowest BCUT2D eigenvalue weighted by Crippen LogP contribution is -2.37. The summed E-state index contributed by atoms with van der Waals surface area (Å²) in [7, 11) is -0.853. The van der Waals surface area contributed by atoms with Gasteiger partial charge in [-0.15, -0.1) is 0 Å². The van der Waals surface area contributed by atoms with Gasteiger partial charge < -0.3 is 19.9 Å². The molecule has 0 radical (unpaired) electrons. The fourth-order valence-electron chi connectivity index (χ4n) is 1.90. The minimum absolute atomic E-state index is 0.0597. The molecule has 1 unspecified atom stereocenters. The van der Waals surface area contributed by atoms with E-state index in [9.17, 15) is 14.2 Å². The van der Waals surface area contributed by atoms with Crippen LogP contribution in [0.2, 0.25) is 0 Å². The lowest BCUT2D eigenvalue weighted by atomic mass is 10.3. The standard InChI is InChI=1S/C13H22ClN4O5P/c1-4-10(8-22-24(14)21)23-12(7-15-3)18-6-5-11(16-9(2)19)17-13(18)20/h5-6,10,12,15,24H,4,7-8H2,1-3H3,(H,16,17,19,20)/t10-,12+/m0/s1. The maximum Gasteiger partial charge on any atom is 0.351 e. The van der Waals surface area contributed by atoms with Crippen LogP contribution in [0.1, 0.15) is 26.5 Å². The highest BCUT2D eigenvalue weighted by Gasteiger charge is 2.19. The van der Waals surface area contributed by atoms with Crippen LogP contribution in [0.15, 0.2) is 17.1 Å². The first-order valence-corrected chi connectivity index (χ1v) is 9.69. The van der Waals surface area contributed by atoms with Crippen LogP contribution in [0.3, 0.4) is 0 Å². The largest absolute Gasteiger partial charge is 0.351 e. The van der Waals surface area contributed by atoms with E-state index in [1.54, 1.807) is 7.05 Å². The smallest absolute Gasteiger partial charge is 0.351 e. The van der Waals surface area contributed by atoms with E-state index >= 15 is 0 Å². The van der Waals surface area contributed by atoms with Crippen molar-refractivity contribution >= 4 is 30.3 Å². The molecule has 2 N–H and O–H groups in total. The quantitative estimate of drug-likeness (QED) is 0.589. The monoisotopic (exact) mass is 380 g/mol. The second-order valence-electron chi connectivity index (χ2n) is 4.91. The average molecular weight is 381 g/mol. The zero-order valence-electron chi connectivity index (χ0n) is 13.7. The van der Waals surface area contributed by atoms with Gasteiger partial charge in [-0.05, 0) is 30.8 Å². The number of carbonyl (C=O) groups is 1. The number of carbonyl (C=O) groups excluding carboxylic acids is 1. The number of halogens is 1. The average Bonchev–Trinajstić information content (AvgIpc) is 2.50. The number of rotatable bonds is 10. The van der Waals surface area contributed by atoms with E-state index in [1.165, 1.54) is 23.8 Å². The highest BCUT2D eigenvalue weighted by Crippen LogP contribution is 2.28. The predicted molar refractivity (Wildman–Crippen MR) is 91.7 cm³/mol. The summed E-state index contributed by atoms with van der Waals surface area (Å²) in [5, 5.41) is 5.37. The zero-order valence-corrected chi connectivity index (χ0v) is 15.5. The molecule has 0 aliphatic carbocycles. The minimum Gasteiger partial charge on any atom is -0.351 e. The molecule has 0 fully saturated rings. The van der Waals surface area contributed by atoms with Crippen LogP contribution in [0.4, 0.5) is 5.82 Å². The van der Waals surface area contributed by atoms with Gasteiger partial charge in [0.25, 0.3) is 7.38 Å². The number of nitrogens with zero attached hydrogens (tertiary/aromatic N) is 2. The van der Waals surface area contributed by atoms with Gasteiger partial charge in [-0.1, -0.05) is 6.92 Å². The topological polar surface area (TPSA) is 112 Å². The van der Waals surface area contributed by atoms with Gasteiger partial charge in [0.05, 0.1) is 12.7 Å². The minimum atomic E-state index is -2.57. The van der Waals surface area contributed by atoms with Crippen molar-refractivity contribution < 1.29 is 18.6 Å². The number of likely N-dealkylation sites (N-methyl/N-ethyl adjacent to an activating group) is 1. The zero-order chi connectivity index (χ0) is 18.1. The molecule has 0 aliphatic heterocycles. The number of nitrogens with one attached hydrogen (secondary N) is 2. The molecular weight excluding hydrogens is 359 g/mol. The van der Waals surface area contributed by atoms with Crippen LogP contribution < -0.4 is 16.3 Å². The Kier molecular flexibility index (Phi) is 9.17. The Morgan fingerprint density at radius 3 is 2.75 bits per heavy atom. The van der Waals surface area contributed by atoms with Crippen molar-refractivity contribution in [2.45, 2.75) is 32.6 Å². The van der Waals surface area contributed by atoms with Gasteiger partial charge in [0.15, 0.2) is 6.23 Å². The van der Waals surface area contributed by atoms with Gasteiger partial charge in [0.2, 0.25) is 5.91 Å². The van der Waals surface area contributed by atoms with E-state index in [0.29, 0.717) is 13.0 Å². The van der Waals surface area contributed by atoms with Gasteiger partial charge in [0, 0.05) is 19.7 Å². The summed E-state index contributed by atoms with van der Waals surface area (Å²) in [4.78, 5) is 27.0. The van der Waals surface area contributed by atoms with Crippen molar-refractivity contribution in [2.24, 2.45) is 0 Å². The van der Waals surface area contributed by atoms with Crippen molar-refractivity contribution in [3.63, 3.8) is 0 Å². The predicted octanol–water partition coefficient (Wildman–Crippen LogP) is 1.36. The van der Waals surface area contributed by atoms with Crippen molar-refractivity contribution in [1.82, 2.24) is 14.9 Å². The van der Waals surface area contributed by atoms with E-state index in [-0.39, 0.29) is 18.3 Å². The number of hydrogen-bond donors (Lipinski definition) is 2. The van der Waals surface area contributed by atoms with Gasteiger partial charge in [0.1, 0.15) is 5.82 Å². The number of ether oxygens (including phenoxy) is 1. The van der Waals surface area contributed by atoms with Crippen molar-refractivity contribution in [3.8, 4) is 0 Å². The molecule has 0 saturated carbocycles. The van der Waals surface area contributed by atoms with Gasteiger partial charge >= 0.3 is 5.69 Å². The Morgan fingerprint density at radius 2 is 2.25 bits per heavy atom. The van der Waals surface area contributed by atoms with E-state index in [1.807, 2.05) is 6.92 Å². The van der Waals surface area contributed by atoms with Gasteiger partial charge in [-0.3, -0.25) is 13.9 Å². The van der Waals surface area contributed by atoms with Crippen molar-refractivity contribution in [2.75, 3.05) is 25.5 Å². The summed E-state index contributed by atoms with van der Waals surface area (Å²) >= 11 is 5.33. The molecule has 24 heavy (non-hydrogen) atoms. The number of hydrogen-bond acceptors (Lipinski definition) is 7. The molecule has 0 aliphatic rings. The first-order chi connectivity index (χ1) is 11.4. The van der Waals surface area contributed by atoms with Crippen LogP contribution in [-0.2, 0) is 18.6 Å². The molecule has 11 heteroatoms. The fourth-order valence-corrected chi connectivity index (χ4v) is 2.41. The molecule has 1 heterocycles. The Morgan fingerprint density at radius 1 is 1.54 bits per heavy atom. The molecule has 0 aromatic carbocycles. The molecule has 136 valence electrons. The summed E-state index contributed by atoms with van der Waals surface area (Å²) in [6, 6.07) is 1.50. The maximum absolute atomic E-state index is 12.2. The van der Waals surface area contributed by atoms with Gasteiger partial charge in [-0.25, -0.2) is 4.79 Å². The van der Waals surface area contributed by atoms with E-state index < -0.39 is 25.4 Å². The normalized spacial score (nSPS) is 14.8. The number of aromatic nitrogens is 2. The van der Waals surface area contributed by atoms with E-state index in [4.69, 9.17) is 20.5 Å². The maximum atomic E-state index is 12.2. The molecule has 3 atom stereocenters. The lowest BCUT2D eigenvalue weighted by molar-refractivity contribution is -0.114. The van der Waals surface area contributed by atoms with Crippen LogP contribution in [0.25, 0.3) is 0 Å². The molecule has 0 saturated heterocycles. The van der Waals surface area contributed by atoms with Crippen LogP contribution in [0, 0.1) is 0 Å². The molecule has 1 aromatic rings. The third-order valence-electron chi connectivity index (χ3n) is 3.01. The molecule has 1 amide bonds. The first kappa shape index (κ1) is 20.8. The lowest BCUT2D eigenvalue weighted by Gasteiger charge is -2.25. The van der Waals surface area contributed by atoms with Crippen LogP contribution in [-0.4, -0.2) is 41.8 Å². The Bertz CT molecular complexity index is 627. The molecule has 0 bridgehead atoms. The van der Waals surface area contributed by atoms with Crippen molar-refractivity contribution in [3.05, 3.63) is 22.7 Å². The molecule has 1 rings (SSSR count). The SMILES string of the molecule is CC[C@@H](CO[PH](=O)Cl)O[C@H](CNC)n1ccc(NC(C)=O)nc1=O.